The molecule has 0 unspecified atom stereocenters. The van der Waals surface area contributed by atoms with Crippen LogP contribution in [-0.4, -0.2) is 25.6 Å². The van der Waals surface area contributed by atoms with Crippen molar-refractivity contribution >= 4 is 27.7 Å². The molecular weight excluding hydrogens is 474 g/mol. The van der Waals surface area contributed by atoms with Crippen molar-refractivity contribution < 1.29 is 30.8 Å². The first-order chi connectivity index (χ1) is 15.8. The fourth-order valence-corrected chi connectivity index (χ4v) is 3.53. The van der Waals surface area contributed by atoms with Gasteiger partial charge < -0.3 is 5.32 Å². The number of anilines is 1. The van der Waals surface area contributed by atoms with Crippen molar-refractivity contribution in [2.45, 2.75) is 38.9 Å². The summed E-state index contributed by atoms with van der Waals surface area (Å²) in [5.74, 6) is 0.704. The van der Waals surface area contributed by atoms with Crippen LogP contribution in [0.25, 0.3) is 6.08 Å². The topological polar surface area (TPSA) is 88.2 Å². The molecule has 2 aromatic rings. The second-order valence-electron chi connectivity index (χ2n) is 7.40. The molecule has 0 aliphatic carbocycles. The number of amides is 1. The number of rotatable bonds is 9. The number of carbonyl (C=O) groups is 1. The highest BCUT2D eigenvalue weighted by Gasteiger charge is 2.32. The van der Waals surface area contributed by atoms with Crippen LogP contribution in [0.3, 0.4) is 0 Å². The van der Waals surface area contributed by atoms with Crippen molar-refractivity contribution in [3.8, 4) is 12.3 Å². The van der Waals surface area contributed by atoms with Crippen molar-refractivity contribution in [1.82, 2.24) is 10.3 Å². The molecule has 0 saturated heterocycles. The molecule has 0 bridgehead atoms. The minimum Gasteiger partial charge on any atom is -0.348 e. The summed E-state index contributed by atoms with van der Waals surface area (Å²) in [5.41, 5.74) is -0.508. The molecule has 11 heteroatoms. The predicted molar refractivity (Wildman–Crippen MR) is 122 cm³/mol. The second kappa shape index (κ2) is 11.2. The van der Waals surface area contributed by atoms with Crippen molar-refractivity contribution in [1.29, 1.82) is 0 Å². The summed E-state index contributed by atoms with van der Waals surface area (Å²) in [5, 5.41) is 2.51. The Morgan fingerprint density at radius 1 is 1.26 bits per heavy atom. The molecule has 0 atom stereocenters. The molecular formula is C23H23F4N3O3S. The maximum atomic E-state index is 14.3. The van der Waals surface area contributed by atoms with Crippen LogP contribution in [0, 0.1) is 18.2 Å². The van der Waals surface area contributed by atoms with Crippen LogP contribution in [0.4, 0.5) is 23.2 Å². The number of hydrogen-bond acceptors (Lipinski definition) is 4. The number of sulfonamides is 1. The molecule has 0 fully saturated rings. The van der Waals surface area contributed by atoms with Crippen LogP contribution in [0.15, 0.2) is 30.3 Å². The first-order valence-electron chi connectivity index (χ1n) is 10.1. The molecule has 1 aromatic carbocycles. The van der Waals surface area contributed by atoms with Crippen LogP contribution in [0.5, 0.6) is 0 Å². The smallest absolute Gasteiger partial charge is 0.348 e. The van der Waals surface area contributed by atoms with Crippen molar-refractivity contribution in [3.05, 3.63) is 64.2 Å². The van der Waals surface area contributed by atoms with Crippen molar-refractivity contribution in [2.24, 2.45) is 0 Å². The SMILES string of the molecule is C#Cc1cc(CNC(=O)/C=C/c2ccc(C(F)(F)F)nc2CCCC)cc(F)c1NS(C)(=O)=O. The van der Waals surface area contributed by atoms with Gasteiger partial charge in [-0.15, -0.1) is 6.42 Å². The summed E-state index contributed by atoms with van der Waals surface area (Å²) in [6.45, 7) is 1.77. The number of alkyl halides is 3. The number of halogens is 4. The van der Waals surface area contributed by atoms with Gasteiger partial charge in [-0.3, -0.25) is 9.52 Å². The number of hydrogen-bond donors (Lipinski definition) is 2. The molecule has 1 heterocycles. The monoisotopic (exact) mass is 497 g/mol. The molecule has 0 aliphatic rings. The number of carbonyl (C=O) groups excluding carboxylic acids is 1. The molecule has 2 rings (SSSR count). The maximum Gasteiger partial charge on any atom is 0.433 e. The van der Waals surface area contributed by atoms with Crippen LogP contribution >= 0.6 is 0 Å². The third kappa shape index (κ3) is 7.88. The number of aromatic nitrogens is 1. The van der Waals surface area contributed by atoms with Gasteiger partial charge in [0.25, 0.3) is 0 Å². The Kier molecular flexibility index (Phi) is 8.81. The van der Waals surface area contributed by atoms with Gasteiger partial charge in [-0.1, -0.05) is 25.3 Å². The Morgan fingerprint density at radius 3 is 2.56 bits per heavy atom. The summed E-state index contributed by atoms with van der Waals surface area (Å²) >= 11 is 0. The summed E-state index contributed by atoms with van der Waals surface area (Å²) in [6, 6.07) is 4.49. The Labute approximate surface area is 195 Å². The predicted octanol–water partition coefficient (Wildman–Crippen LogP) is 4.26. The number of terminal acetylenes is 1. The van der Waals surface area contributed by atoms with Gasteiger partial charge in [0, 0.05) is 18.3 Å². The van der Waals surface area contributed by atoms with Crippen molar-refractivity contribution in [2.75, 3.05) is 11.0 Å². The first kappa shape index (κ1) is 26.9. The van der Waals surface area contributed by atoms with Gasteiger partial charge in [0.2, 0.25) is 15.9 Å². The molecule has 0 saturated carbocycles. The van der Waals surface area contributed by atoms with Crippen molar-refractivity contribution in [3.63, 3.8) is 0 Å². The average molecular weight is 498 g/mol. The van der Waals surface area contributed by atoms with E-state index < -0.39 is 33.6 Å². The zero-order valence-corrected chi connectivity index (χ0v) is 19.3. The molecule has 0 aliphatic heterocycles. The highest BCUT2D eigenvalue weighted by molar-refractivity contribution is 7.92. The van der Waals surface area contributed by atoms with Crippen LogP contribution in [0.2, 0.25) is 0 Å². The zero-order chi connectivity index (χ0) is 25.5. The van der Waals surface area contributed by atoms with Crippen LogP contribution < -0.4 is 10.0 Å². The van der Waals surface area contributed by atoms with Gasteiger partial charge in [-0.25, -0.2) is 17.8 Å². The molecule has 182 valence electrons. The first-order valence-corrected chi connectivity index (χ1v) is 12.0. The lowest BCUT2D eigenvalue weighted by Gasteiger charge is -2.11. The normalized spacial score (nSPS) is 11.9. The maximum absolute atomic E-state index is 14.3. The number of aryl methyl sites for hydroxylation is 1. The Morgan fingerprint density at radius 2 is 1.97 bits per heavy atom. The average Bonchev–Trinajstić information content (AvgIpc) is 2.75. The molecule has 1 amide bonds. The van der Waals surface area contributed by atoms with E-state index in [9.17, 15) is 30.8 Å². The van der Waals surface area contributed by atoms with E-state index in [0.717, 1.165) is 30.9 Å². The van der Waals surface area contributed by atoms with E-state index in [2.05, 4.69) is 16.2 Å². The molecule has 6 nitrogen and oxygen atoms in total. The second-order valence-corrected chi connectivity index (χ2v) is 9.15. The highest BCUT2D eigenvalue weighted by atomic mass is 32.2. The number of nitrogens with one attached hydrogen (secondary N) is 2. The van der Waals surface area contributed by atoms with Gasteiger partial charge in [-0.05, 0) is 48.2 Å². The number of nitrogens with zero attached hydrogens (tertiary/aromatic N) is 1. The standard InChI is InChI=1S/C23H23F4N3O3S/c1-4-6-7-19-17(8-10-20(29-19)23(25,26)27)9-11-21(31)28-14-15-12-16(5-2)22(18(24)13-15)30-34(3,32)33/h2,8-13,30H,4,6-7,14H2,1,3H3,(H,28,31)/b11-9+. The Hall–Kier alpha value is -3.39. The molecule has 2 N–H and O–H groups in total. The lowest BCUT2D eigenvalue weighted by Crippen LogP contribution is -2.21. The van der Waals surface area contributed by atoms with Gasteiger partial charge in [0.1, 0.15) is 11.5 Å². The van der Waals surface area contributed by atoms with E-state index in [0.29, 0.717) is 18.4 Å². The zero-order valence-electron chi connectivity index (χ0n) is 18.5. The minimum absolute atomic E-state index is 0.0402. The lowest BCUT2D eigenvalue weighted by molar-refractivity contribution is -0.141. The number of pyridine rings is 1. The summed E-state index contributed by atoms with van der Waals surface area (Å²) < 4.78 is 78.0. The van der Waals surface area contributed by atoms with E-state index in [4.69, 9.17) is 6.42 Å². The van der Waals surface area contributed by atoms with E-state index in [-0.39, 0.29) is 29.1 Å². The Balaban J connectivity index is 2.15. The van der Waals surface area contributed by atoms with Gasteiger partial charge in [0.05, 0.1) is 17.5 Å². The quantitative estimate of drug-likeness (QED) is 0.308. The highest BCUT2D eigenvalue weighted by Crippen LogP contribution is 2.29. The molecule has 34 heavy (non-hydrogen) atoms. The summed E-state index contributed by atoms with van der Waals surface area (Å²) in [7, 11) is -3.76. The van der Waals surface area contributed by atoms with Gasteiger partial charge in [0.15, 0.2) is 0 Å². The van der Waals surface area contributed by atoms with E-state index in [1.54, 1.807) is 0 Å². The van der Waals surface area contributed by atoms with Gasteiger partial charge >= 0.3 is 6.18 Å². The summed E-state index contributed by atoms with van der Waals surface area (Å²) in [4.78, 5) is 15.9. The van der Waals surface area contributed by atoms with E-state index in [1.807, 2.05) is 11.6 Å². The lowest BCUT2D eigenvalue weighted by atomic mass is 10.1. The number of benzene rings is 1. The fourth-order valence-electron chi connectivity index (χ4n) is 2.95. The van der Waals surface area contributed by atoms with Gasteiger partial charge in [-0.2, -0.15) is 13.2 Å². The minimum atomic E-state index is -4.57. The Bertz CT molecular complexity index is 1230. The fraction of sp³-hybridized carbons (Fsp3) is 0.304. The van der Waals surface area contributed by atoms with E-state index in [1.165, 1.54) is 18.2 Å². The molecule has 0 spiro atoms. The largest absolute Gasteiger partial charge is 0.433 e. The van der Waals surface area contributed by atoms with E-state index >= 15 is 0 Å². The summed E-state index contributed by atoms with van der Waals surface area (Å²) in [6.07, 6.45) is 5.83. The third-order valence-electron chi connectivity index (χ3n) is 4.54. The number of unbranched alkanes of at least 4 members (excludes halogenated alkanes) is 1. The molecule has 1 aromatic heterocycles. The van der Waals surface area contributed by atoms with Crippen LogP contribution in [0.1, 0.15) is 47.8 Å². The van der Waals surface area contributed by atoms with Crippen LogP contribution in [-0.2, 0) is 34.0 Å². The third-order valence-corrected chi connectivity index (χ3v) is 5.12. The molecule has 0 radical (unpaired) electrons.